The van der Waals surface area contributed by atoms with E-state index in [4.69, 9.17) is 0 Å². The summed E-state index contributed by atoms with van der Waals surface area (Å²) in [6, 6.07) is 0.750. The molecule has 3 rings (SSSR count). The third kappa shape index (κ3) is 2.32. The van der Waals surface area contributed by atoms with Crippen molar-refractivity contribution in [1.29, 1.82) is 0 Å². The van der Waals surface area contributed by atoms with Crippen molar-refractivity contribution in [1.82, 2.24) is 14.8 Å². The molecule has 2 aliphatic heterocycles. The summed E-state index contributed by atoms with van der Waals surface area (Å²) in [6.45, 7) is 8.40. The van der Waals surface area contributed by atoms with Crippen LogP contribution in [0.4, 0.5) is 0 Å². The zero-order valence-corrected chi connectivity index (χ0v) is 12.0. The fourth-order valence-corrected chi connectivity index (χ4v) is 3.87. The number of aryl methyl sites for hydroxylation is 1. The van der Waals surface area contributed by atoms with Gasteiger partial charge in [0.2, 0.25) is 5.91 Å². The minimum absolute atomic E-state index is 0.272. The molecule has 4 nitrogen and oxygen atoms in total. The quantitative estimate of drug-likeness (QED) is 0.788. The second-order valence-corrected chi connectivity index (χ2v) is 6.35. The van der Waals surface area contributed by atoms with E-state index in [1.807, 2.05) is 17.9 Å². The third-order valence-electron chi connectivity index (χ3n) is 4.09. The van der Waals surface area contributed by atoms with Crippen LogP contribution in [0.2, 0.25) is 0 Å². The van der Waals surface area contributed by atoms with Crippen LogP contribution >= 0.6 is 11.3 Å². The van der Waals surface area contributed by atoms with Crippen LogP contribution in [0.5, 0.6) is 0 Å². The van der Waals surface area contributed by atoms with Crippen molar-refractivity contribution in [3.05, 3.63) is 28.7 Å². The summed E-state index contributed by atoms with van der Waals surface area (Å²) in [5.41, 5.74) is 1.14. The first-order valence-electron chi connectivity index (χ1n) is 6.74. The molecule has 2 fully saturated rings. The summed E-state index contributed by atoms with van der Waals surface area (Å²) in [5, 5.41) is 3.24. The van der Waals surface area contributed by atoms with Crippen LogP contribution in [0.3, 0.4) is 0 Å². The molecule has 3 heterocycles. The fraction of sp³-hybridized carbons (Fsp3) is 0.571. The van der Waals surface area contributed by atoms with E-state index in [-0.39, 0.29) is 5.91 Å². The van der Waals surface area contributed by atoms with Gasteiger partial charge in [0, 0.05) is 43.5 Å². The van der Waals surface area contributed by atoms with Crippen molar-refractivity contribution in [2.24, 2.45) is 0 Å². The average molecular weight is 277 g/mol. The number of thiazole rings is 1. The number of carbonyl (C=O) groups excluding carboxylic acids is 1. The first-order chi connectivity index (χ1) is 9.19. The van der Waals surface area contributed by atoms with Crippen LogP contribution in [0.25, 0.3) is 0 Å². The molecule has 0 N–H and O–H groups in total. The number of aromatic nitrogens is 1. The van der Waals surface area contributed by atoms with E-state index in [2.05, 4.69) is 21.8 Å². The largest absolute Gasteiger partial charge is 0.334 e. The third-order valence-corrected chi connectivity index (χ3v) is 4.91. The van der Waals surface area contributed by atoms with E-state index >= 15 is 0 Å². The van der Waals surface area contributed by atoms with Crippen molar-refractivity contribution in [2.75, 3.05) is 13.1 Å². The minimum atomic E-state index is 0.272. The van der Waals surface area contributed by atoms with Crippen LogP contribution < -0.4 is 0 Å². The van der Waals surface area contributed by atoms with Gasteiger partial charge >= 0.3 is 0 Å². The number of likely N-dealkylation sites (tertiary alicyclic amines) is 2. The molecule has 2 aliphatic rings. The zero-order chi connectivity index (χ0) is 13.4. The van der Waals surface area contributed by atoms with Gasteiger partial charge < -0.3 is 4.90 Å². The Kier molecular flexibility index (Phi) is 3.41. The van der Waals surface area contributed by atoms with Crippen molar-refractivity contribution < 1.29 is 4.79 Å². The number of rotatable bonds is 4. The van der Waals surface area contributed by atoms with E-state index in [9.17, 15) is 4.79 Å². The normalized spacial score (nSPS) is 27.0. The van der Waals surface area contributed by atoms with Crippen molar-refractivity contribution in [3.63, 3.8) is 0 Å². The first kappa shape index (κ1) is 12.8. The predicted octanol–water partition coefficient (Wildman–Crippen LogP) is 1.81. The molecule has 0 bridgehead atoms. The second-order valence-electron chi connectivity index (χ2n) is 5.29. The van der Waals surface area contributed by atoms with Gasteiger partial charge in [0.25, 0.3) is 0 Å². The van der Waals surface area contributed by atoms with Gasteiger partial charge in [-0.25, -0.2) is 4.98 Å². The molecule has 19 heavy (non-hydrogen) atoms. The Balaban J connectivity index is 1.70. The lowest BCUT2D eigenvalue weighted by molar-refractivity contribution is -0.128. The molecule has 2 atom stereocenters. The monoisotopic (exact) mass is 277 g/mol. The lowest BCUT2D eigenvalue weighted by Gasteiger charge is -2.24. The number of hydrogen-bond donors (Lipinski definition) is 0. The van der Waals surface area contributed by atoms with E-state index in [0.29, 0.717) is 25.0 Å². The molecule has 1 amide bonds. The van der Waals surface area contributed by atoms with E-state index < -0.39 is 0 Å². The Morgan fingerprint density at radius 3 is 3.11 bits per heavy atom. The Morgan fingerprint density at radius 2 is 2.42 bits per heavy atom. The van der Waals surface area contributed by atoms with Crippen molar-refractivity contribution in [3.8, 4) is 0 Å². The number of amides is 1. The maximum absolute atomic E-state index is 12.0. The lowest BCUT2D eigenvalue weighted by Crippen LogP contribution is -2.37. The minimum Gasteiger partial charge on any atom is -0.334 e. The smallest absolute Gasteiger partial charge is 0.224 e. The fourth-order valence-electron chi connectivity index (χ4n) is 3.27. The van der Waals surface area contributed by atoms with E-state index in [1.165, 1.54) is 0 Å². The van der Waals surface area contributed by atoms with Crippen molar-refractivity contribution >= 4 is 17.2 Å². The summed E-state index contributed by atoms with van der Waals surface area (Å²) < 4.78 is 0. The molecular formula is C14H19N3OS. The van der Waals surface area contributed by atoms with Gasteiger partial charge in [-0.1, -0.05) is 6.08 Å². The van der Waals surface area contributed by atoms with Crippen LogP contribution in [-0.4, -0.2) is 45.9 Å². The molecule has 0 aliphatic carbocycles. The first-order valence-corrected chi connectivity index (χ1v) is 7.62. The summed E-state index contributed by atoms with van der Waals surface area (Å²) in [6.07, 6.45) is 3.56. The highest BCUT2D eigenvalue weighted by Gasteiger charge is 2.46. The summed E-state index contributed by atoms with van der Waals surface area (Å²) in [5.74, 6) is 0.272. The molecular weight excluding hydrogens is 258 g/mol. The molecule has 5 heteroatoms. The van der Waals surface area contributed by atoms with Crippen molar-refractivity contribution in [2.45, 2.75) is 38.4 Å². The lowest BCUT2D eigenvalue weighted by atomic mass is 10.1. The molecule has 0 aromatic carbocycles. The van der Waals surface area contributed by atoms with E-state index in [0.717, 1.165) is 30.2 Å². The molecule has 0 radical (unpaired) electrons. The zero-order valence-electron chi connectivity index (χ0n) is 11.2. The Labute approximate surface area is 117 Å². The van der Waals surface area contributed by atoms with Crippen LogP contribution in [0.1, 0.15) is 23.5 Å². The van der Waals surface area contributed by atoms with Gasteiger partial charge in [0.1, 0.15) is 0 Å². The predicted molar refractivity (Wildman–Crippen MR) is 76.0 cm³/mol. The summed E-state index contributed by atoms with van der Waals surface area (Å²) in [7, 11) is 0. The Hall–Kier alpha value is -1.20. The van der Waals surface area contributed by atoms with Gasteiger partial charge in [0.15, 0.2) is 0 Å². The molecule has 0 spiro atoms. The molecule has 1 aromatic rings. The molecule has 0 saturated carbocycles. The Morgan fingerprint density at radius 1 is 1.58 bits per heavy atom. The summed E-state index contributed by atoms with van der Waals surface area (Å²) in [4.78, 5) is 20.9. The Bertz CT molecular complexity index is 499. The van der Waals surface area contributed by atoms with Gasteiger partial charge in [0.05, 0.1) is 10.7 Å². The SMILES string of the molecule is C=CCN1C(=O)C[C@H]2[C@@H]1CCN2Cc1csc(C)n1. The molecule has 2 saturated heterocycles. The summed E-state index contributed by atoms with van der Waals surface area (Å²) >= 11 is 1.69. The molecule has 0 unspecified atom stereocenters. The second kappa shape index (κ2) is 5.06. The van der Waals surface area contributed by atoms with Gasteiger partial charge in [-0.3, -0.25) is 9.69 Å². The van der Waals surface area contributed by atoms with Gasteiger partial charge in [-0.05, 0) is 13.3 Å². The van der Waals surface area contributed by atoms with Crippen LogP contribution in [0.15, 0.2) is 18.0 Å². The topological polar surface area (TPSA) is 36.4 Å². The average Bonchev–Trinajstić information content (AvgIpc) is 3.02. The maximum Gasteiger partial charge on any atom is 0.224 e. The van der Waals surface area contributed by atoms with Crippen LogP contribution in [0, 0.1) is 6.92 Å². The van der Waals surface area contributed by atoms with Crippen LogP contribution in [-0.2, 0) is 11.3 Å². The molecule has 1 aromatic heterocycles. The van der Waals surface area contributed by atoms with Gasteiger partial charge in [-0.2, -0.15) is 0 Å². The highest BCUT2D eigenvalue weighted by atomic mass is 32.1. The number of hydrogen-bond acceptors (Lipinski definition) is 4. The standard InChI is InChI=1S/C14H19N3OS/c1-3-5-17-12-4-6-16(13(12)7-14(17)18)8-11-9-19-10(2)15-11/h3,9,12-13H,1,4-8H2,2H3/t12-,13-/m0/s1. The highest BCUT2D eigenvalue weighted by molar-refractivity contribution is 7.09. The van der Waals surface area contributed by atoms with E-state index in [1.54, 1.807) is 11.3 Å². The number of fused-ring (bicyclic) bond motifs is 1. The molecule has 102 valence electrons. The van der Waals surface area contributed by atoms with Gasteiger partial charge in [-0.15, -0.1) is 17.9 Å². The maximum atomic E-state index is 12.0. The highest BCUT2D eigenvalue weighted by Crippen LogP contribution is 2.33. The number of carbonyl (C=O) groups is 1. The number of nitrogens with zero attached hydrogens (tertiary/aromatic N) is 3.